The first-order valence-corrected chi connectivity index (χ1v) is 9.59. The number of hydrogen-bond donors (Lipinski definition) is 0. The van der Waals surface area contributed by atoms with Crippen molar-refractivity contribution < 1.29 is 19.1 Å². The van der Waals surface area contributed by atoms with E-state index in [0.717, 1.165) is 12.8 Å². The smallest absolute Gasteiger partial charge is 0.326 e. The Kier molecular flexibility index (Phi) is 5.98. The van der Waals surface area contributed by atoms with Crippen LogP contribution in [0.15, 0.2) is 0 Å². The lowest BCUT2D eigenvalue weighted by atomic mass is 9.71. The second-order valence-corrected chi connectivity index (χ2v) is 8.92. The van der Waals surface area contributed by atoms with E-state index in [-0.39, 0.29) is 29.7 Å². The van der Waals surface area contributed by atoms with Gasteiger partial charge in [-0.05, 0) is 36.5 Å². The molecule has 2 aliphatic rings. The monoisotopic (exact) mass is 338 g/mol. The Morgan fingerprint density at radius 2 is 1.33 bits per heavy atom. The molecule has 4 nitrogen and oxygen atoms in total. The molecule has 2 atom stereocenters. The SMILES string of the molecule is CC(C)CC1(CC(C)C)C(=O)OC(C2C(C)CCCC2C)OC1=O. The normalized spacial score (nSPS) is 31.2. The molecule has 1 aliphatic carbocycles. The molecule has 0 aromatic heterocycles. The van der Waals surface area contributed by atoms with Crippen molar-refractivity contribution in [3.63, 3.8) is 0 Å². The van der Waals surface area contributed by atoms with Crippen molar-refractivity contribution >= 4 is 11.9 Å². The minimum Gasteiger partial charge on any atom is -0.424 e. The molecule has 1 heterocycles. The summed E-state index contributed by atoms with van der Waals surface area (Å²) >= 11 is 0. The first-order chi connectivity index (χ1) is 11.2. The minimum atomic E-state index is -1.13. The van der Waals surface area contributed by atoms with E-state index >= 15 is 0 Å². The van der Waals surface area contributed by atoms with Crippen LogP contribution in [0, 0.1) is 35.0 Å². The van der Waals surface area contributed by atoms with Gasteiger partial charge in [0.1, 0.15) is 0 Å². The van der Waals surface area contributed by atoms with Crippen molar-refractivity contribution in [2.45, 2.75) is 79.9 Å². The molecule has 4 heteroatoms. The van der Waals surface area contributed by atoms with E-state index in [1.807, 2.05) is 27.7 Å². The maximum absolute atomic E-state index is 12.9. The van der Waals surface area contributed by atoms with E-state index in [0.29, 0.717) is 24.7 Å². The van der Waals surface area contributed by atoms with Gasteiger partial charge in [-0.1, -0.05) is 60.8 Å². The van der Waals surface area contributed by atoms with Crippen LogP contribution in [-0.2, 0) is 19.1 Å². The summed E-state index contributed by atoms with van der Waals surface area (Å²) in [5.74, 6) is 0.653. The Hall–Kier alpha value is -1.06. The molecular formula is C20H34O4. The lowest BCUT2D eigenvalue weighted by molar-refractivity contribution is -0.244. The molecule has 24 heavy (non-hydrogen) atoms. The molecule has 2 unspecified atom stereocenters. The topological polar surface area (TPSA) is 52.6 Å². The molecule has 1 saturated carbocycles. The highest BCUT2D eigenvalue weighted by Crippen LogP contribution is 2.45. The summed E-state index contributed by atoms with van der Waals surface area (Å²) in [6.07, 6.45) is 3.67. The van der Waals surface area contributed by atoms with E-state index in [1.54, 1.807) is 0 Å². The van der Waals surface area contributed by atoms with Crippen LogP contribution < -0.4 is 0 Å². The summed E-state index contributed by atoms with van der Waals surface area (Å²) in [6.45, 7) is 12.5. The molecule has 0 amide bonds. The highest BCUT2D eigenvalue weighted by molar-refractivity contribution is 6.01. The summed E-state index contributed by atoms with van der Waals surface area (Å²) < 4.78 is 11.5. The molecule has 2 fully saturated rings. The first-order valence-electron chi connectivity index (χ1n) is 9.59. The van der Waals surface area contributed by atoms with Gasteiger partial charge in [-0.15, -0.1) is 0 Å². The predicted molar refractivity (Wildman–Crippen MR) is 93.0 cm³/mol. The van der Waals surface area contributed by atoms with Crippen molar-refractivity contribution in [3.05, 3.63) is 0 Å². The summed E-state index contributed by atoms with van der Waals surface area (Å²) in [5.41, 5.74) is -1.13. The van der Waals surface area contributed by atoms with Crippen LogP contribution in [0.5, 0.6) is 0 Å². The number of hydrogen-bond acceptors (Lipinski definition) is 4. The molecule has 0 spiro atoms. The summed E-state index contributed by atoms with van der Waals surface area (Å²) in [7, 11) is 0. The van der Waals surface area contributed by atoms with Crippen LogP contribution in [-0.4, -0.2) is 18.2 Å². The lowest BCUT2D eigenvalue weighted by Gasteiger charge is -2.44. The third kappa shape index (κ3) is 3.78. The number of cyclic esters (lactones) is 2. The molecule has 138 valence electrons. The highest BCUT2D eigenvalue weighted by Gasteiger charge is 2.56. The molecule has 0 aromatic rings. The van der Waals surface area contributed by atoms with Crippen molar-refractivity contribution in [1.82, 2.24) is 0 Å². The quantitative estimate of drug-likeness (QED) is 0.544. The minimum absolute atomic E-state index is 0.114. The number of ether oxygens (including phenoxy) is 2. The van der Waals surface area contributed by atoms with Crippen molar-refractivity contribution in [1.29, 1.82) is 0 Å². The van der Waals surface area contributed by atoms with Crippen LogP contribution in [0.2, 0.25) is 0 Å². The van der Waals surface area contributed by atoms with Crippen LogP contribution in [0.25, 0.3) is 0 Å². The van der Waals surface area contributed by atoms with Crippen LogP contribution in [0.3, 0.4) is 0 Å². The Bertz CT molecular complexity index is 428. The largest absolute Gasteiger partial charge is 0.424 e. The average molecular weight is 338 g/mol. The summed E-state index contributed by atoms with van der Waals surface area (Å²) in [6, 6.07) is 0. The van der Waals surface area contributed by atoms with Gasteiger partial charge in [-0.25, -0.2) is 0 Å². The molecule has 0 aromatic carbocycles. The van der Waals surface area contributed by atoms with Crippen molar-refractivity contribution in [3.8, 4) is 0 Å². The van der Waals surface area contributed by atoms with Gasteiger partial charge in [0.05, 0.1) is 0 Å². The molecule has 1 saturated heterocycles. The Labute approximate surface area is 146 Å². The van der Waals surface area contributed by atoms with Crippen LogP contribution in [0.1, 0.15) is 73.6 Å². The van der Waals surface area contributed by atoms with Gasteiger partial charge >= 0.3 is 11.9 Å². The fourth-order valence-electron chi connectivity index (χ4n) is 4.76. The number of rotatable bonds is 5. The molecule has 1 aliphatic heterocycles. The molecular weight excluding hydrogens is 304 g/mol. The predicted octanol–water partition coefficient (Wildman–Crippen LogP) is 4.56. The van der Waals surface area contributed by atoms with Gasteiger partial charge in [0.25, 0.3) is 6.29 Å². The van der Waals surface area contributed by atoms with Crippen molar-refractivity contribution in [2.75, 3.05) is 0 Å². The molecule has 0 bridgehead atoms. The molecule has 0 radical (unpaired) electrons. The van der Waals surface area contributed by atoms with Crippen LogP contribution >= 0.6 is 0 Å². The zero-order valence-electron chi connectivity index (χ0n) is 16.1. The maximum Gasteiger partial charge on any atom is 0.326 e. The molecule has 2 rings (SSSR count). The third-order valence-electron chi connectivity index (χ3n) is 5.69. The molecule has 0 N–H and O–H groups in total. The van der Waals surface area contributed by atoms with E-state index in [2.05, 4.69) is 13.8 Å². The van der Waals surface area contributed by atoms with Crippen LogP contribution in [0.4, 0.5) is 0 Å². The fourth-order valence-corrected chi connectivity index (χ4v) is 4.76. The second kappa shape index (κ2) is 7.45. The van der Waals surface area contributed by atoms with E-state index in [9.17, 15) is 9.59 Å². The lowest BCUT2D eigenvalue weighted by Crippen LogP contribution is -2.54. The standard InChI is InChI=1S/C20H34O4/c1-12(2)10-20(11-13(3)4)18(21)23-17(24-19(20)22)16-14(5)8-7-9-15(16)6/h12-17H,7-11H2,1-6H3. The number of carbonyl (C=O) groups is 2. The average Bonchev–Trinajstić information content (AvgIpc) is 2.43. The van der Waals surface area contributed by atoms with Gasteiger partial charge in [-0.2, -0.15) is 0 Å². The highest BCUT2D eigenvalue weighted by atomic mass is 16.7. The van der Waals surface area contributed by atoms with Crippen molar-refractivity contribution in [2.24, 2.45) is 35.0 Å². The Morgan fingerprint density at radius 3 is 1.71 bits per heavy atom. The first kappa shape index (κ1) is 19.3. The van der Waals surface area contributed by atoms with Gasteiger partial charge in [-0.3, -0.25) is 9.59 Å². The van der Waals surface area contributed by atoms with E-state index < -0.39 is 11.7 Å². The Morgan fingerprint density at radius 1 is 0.917 bits per heavy atom. The Balaban J connectivity index is 2.23. The second-order valence-electron chi connectivity index (χ2n) is 8.92. The van der Waals surface area contributed by atoms with Gasteiger partial charge < -0.3 is 9.47 Å². The van der Waals surface area contributed by atoms with E-state index in [4.69, 9.17) is 9.47 Å². The number of carbonyl (C=O) groups excluding carboxylic acids is 2. The third-order valence-corrected chi connectivity index (χ3v) is 5.69. The summed E-state index contributed by atoms with van der Waals surface area (Å²) in [4.78, 5) is 25.9. The van der Waals surface area contributed by atoms with E-state index in [1.165, 1.54) is 6.42 Å². The van der Waals surface area contributed by atoms with Gasteiger partial charge in [0.2, 0.25) is 0 Å². The van der Waals surface area contributed by atoms with Gasteiger partial charge in [0, 0.05) is 5.92 Å². The summed E-state index contributed by atoms with van der Waals surface area (Å²) in [5, 5.41) is 0. The van der Waals surface area contributed by atoms with Gasteiger partial charge in [0.15, 0.2) is 5.41 Å². The maximum atomic E-state index is 12.9. The zero-order valence-corrected chi connectivity index (χ0v) is 16.1. The zero-order chi connectivity index (χ0) is 18.1. The number of esters is 2. The fraction of sp³-hybridized carbons (Fsp3) is 0.900.